The van der Waals surface area contributed by atoms with Crippen LogP contribution in [0.15, 0.2) is 30.5 Å². The molecule has 0 radical (unpaired) electrons. The van der Waals surface area contributed by atoms with Crippen molar-refractivity contribution in [3.63, 3.8) is 0 Å². The minimum Gasteiger partial charge on any atom is -0.490 e. The molecule has 2 heterocycles. The van der Waals surface area contributed by atoms with Gasteiger partial charge in [0, 0.05) is 17.1 Å². The number of aromatic nitrogens is 1. The van der Waals surface area contributed by atoms with E-state index in [4.69, 9.17) is 9.47 Å². The minimum atomic E-state index is 0.309. The lowest BCUT2D eigenvalue weighted by atomic mass is 10.2. The summed E-state index contributed by atoms with van der Waals surface area (Å²) >= 11 is 0. The van der Waals surface area contributed by atoms with Gasteiger partial charge < -0.3 is 14.5 Å². The number of ether oxygens (including phenoxy) is 2. The van der Waals surface area contributed by atoms with Crippen LogP contribution in [0.2, 0.25) is 0 Å². The zero-order chi connectivity index (χ0) is 9.38. The van der Waals surface area contributed by atoms with Crippen molar-refractivity contribution in [2.75, 3.05) is 13.2 Å². The number of hydrogen-bond donors (Lipinski definition) is 1. The number of epoxide rings is 1. The van der Waals surface area contributed by atoms with Crippen LogP contribution in [-0.2, 0) is 4.74 Å². The maximum absolute atomic E-state index is 5.66. The molecular weight excluding hydrogens is 180 g/mol. The third-order valence-electron chi connectivity index (χ3n) is 2.38. The Morgan fingerprint density at radius 1 is 1.57 bits per heavy atom. The van der Waals surface area contributed by atoms with E-state index in [9.17, 15) is 0 Å². The maximum Gasteiger partial charge on any atom is 0.128 e. The molecule has 0 amide bonds. The molecule has 0 aliphatic carbocycles. The first-order chi connectivity index (χ1) is 6.93. The van der Waals surface area contributed by atoms with Crippen LogP contribution in [0.1, 0.15) is 0 Å². The summed E-state index contributed by atoms with van der Waals surface area (Å²) in [5.41, 5.74) is 1.11. The molecule has 1 aromatic heterocycles. The van der Waals surface area contributed by atoms with Gasteiger partial charge in [-0.2, -0.15) is 0 Å². The summed E-state index contributed by atoms with van der Waals surface area (Å²) in [6.07, 6.45) is 2.23. The van der Waals surface area contributed by atoms with Crippen molar-refractivity contribution in [2.24, 2.45) is 0 Å². The molecule has 0 bridgehead atoms. The Morgan fingerprint density at radius 2 is 2.50 bits per heavy atom. The first kappa shape index (κ1) is 7.88. The van der Waals surface area contributed by atoms with Crippen molar-refractivity contribution in [3.8, 4) is 5.75 Å². The summed E-state index contributed by atoms with van der Waals surface area (Å²) < 4.78 is 10.7. The number of nitrogens with one attached hydrogen (secondary N) is 1. The topological polar surface area (TPSA) is 37.5 Å². The van der Waals surface area contributed by atoms with E-state index >= 15 is 0 Å². The number of fused-ring (bicyclic) bond motifs is 1. The molecule has 1 saturated heterocycles. The molecule has 72 valence electrons. The van der Waals surface area contributed by atoms with Gasteiger partial charge in [0.05, 0.1) is 6.61 Å². The van der Waals surface area contributed by atoms with Gasteiger partial charge in [0.15, 0.2) is 0 Å². The third-order valence-corrected chi connectivity index (χ3v) is 2.38. The quantitative estimate of drug-likeness (QED) is 0.753. The Kier molecular flexibility index (Phi) is 1.70. The normalized spacial score (nSPS) is 19.9. The van der Waals surface area contributed by atoms with Crippen LogP contribution in [0.3, 0.4) is 0 Å². The van der Waals surface area contributed by atoms with E-state index < -0.39 is 0 Å². The molecule has 3 heteroatoms. The monoisotopic (exact) mass is 191 g/mol. The van der Waals surface area contributed by atoms with E-state index in [1.807, 2.05) is 30.5 Å². The molecule has 1 fully saturated rings. The van der Waals surface area contributed by atoms with Gasteiger partial charge in [-0.1, -0.05) is 6.07 Å². The maximum atomic E-state index is 5.66. The number of aromatic amines is 1. The van der Waals surface area contributed by atoms with Gasteiger partial charge in [-0.15, -0.1) is 0 Å². The van der Waals surface area contributed by atoms with Gasteiger partial charge in [-0.3, -0.25) is 0 Å². The van der Waals surface area contributed by atoms with E-state index in [-0.39, 0.29) is 0 Å². The van der Waals surface area contributed by atoms with E-state index in [0.29, 0.717) is 12.7 Å². The lowest BCUT2D eigenvalue weighted by Gasteiger charge is -2.04. The molecule has 3 rings (SSSR count). The molecule has 2 aromatic rings. The number of H-pyrrole nitrogens is 1. The predicted molar refractivity (Wildman–Crippen MR) is 53.5 cm³/mol. The second-order valence-corrected chi connectivity index (χ2v) is 3.46. The van der Waals surface area contributed by atoms with Crippen molar-refractivity contribution in [2.45, 2.75) is 6.10 Å². The van der Waals surface area contributed by atoms with Gasteiger partial charge in [-0.25, -0.2) is 0 Å². The molecule has 14 heavy (non-hydrogen) atoms. The van der Waals surface area contributed by atoms with Gasteiger partial charge in [0.25, 0.3) is 0 Å². The highest BCUT2D eigenvalue weighted by atomic mass is 16.6. The van der Waals surface area contributed by atoms with Gasteiger partial charge in [-0.05, 0) is 18.2 Å². The Balaban J connectivity index is 1.89. The van der Waals surface area contributed by atoms with Crippen molar-refractivity contribution < 1.29 is 9.47 Å². The van der Waals surface area contributed by atoms with Crippen LogP contribution >= 0.6 is 0 Å². The Morgan fingerprint density at radius 3 is 3.36 bits per heavy atom. The second-order valence-electron chi connectivity index (χ2n) is 3.46. The number of rotatable bonds is 3. The third kappa shape index (κ3) is 1.36. The Labute approximate surface area is 81.6 Å². The van der Waals surface area contributed by atoms with Crippen LogP contribution in [0, 0.1) is 0 Å². The lowest BCUT2D eigenvalue weighted by molar-refractivity contribution is 0.265. The lowest BCUT2D eigenvalue weighted by Crippen LogP contribution is -2.03. The van der Waals surface area contributed by atoms with Crippen LogP contribution < -0.4 is 4.74 Å². The zero-order valence-electron chi connectivity index (χ0n) is 7.69. The number of benzene rings is 1. The summed E-state index contributed by atoms with van der Waals surface area (Å²) in [7, 11) is 0. The smallest absolute Gasteiger partial charge is 0.128 e. The standard InChI is InChI=1S/C11H11NO2/c1-2-10-9(4-5-12-10)11(3-1)14-7-8-6-13-8/h1-5,8,12H,6-7H2/t8-/m0/s1/i5+2. The first-order valence-corrected chi connectivity index (χ1v) is 4.74. The van der Waals surface area contributed by atoms with E-state index in [2.05, 4.69) is 4.98 Å². The van der Waals surface area contributed by atoms with Crippen LogP contribution in [0.5, 0.6) is 5.75 Å². The molecule has 0 saturated carbocycles. The first-order valence-electron chi connectivity index (χ1n) is 4.74. The van der Waals surface area contributed by atoms with Crippen molar-refractivity contribution in [1.29, 1.82) is 0 Å². The summed E-state index contributed by atoms with van der Waals surface area (Å²) in [6.45, 7) is 1.49. The van der Waals surface area contributed by atoms with Crippen molar-refractivity contribution in [3.05, 3.63) is 30.5 Å². The molecule has 0 unspecified atom stereocenters. The molecule has 0 spiro atoms. The van der Waals surface area contributed by atoms with E-state index in [1.165, 1.54) is 0 Å². The molecule has 1 aromatic carbocycles. The number of hydrogen-bond acceptors (Lipinski definition) is 2. The van der Waals surface area contributed by atoms with Gasteiger partial charge in [0.2, 0.25) is 0 Å². The van der Waals surface area contributed by atoms with Gasteiger partial charge >= 0.3 is 0 Å². The molecule has 1 atom stereocenters. The highest BCUT2D eigenvalue weighted by Gasteiger charge is 2.23. The minimum absolute atomic E-state index is 0.309. The molecule has 1 N–H and O–H groups in total. The van der Waals surface area contributed by atoms with Crippen molar-refractivity contribution >= 4 is 10.9 Å². The largest absolute Gasteiger partial charge is 0.490 e. The van der Waals surface area contributed by atoms with Crippen LogP contribution in [0.4, 0.5) is 0 Å². The molecule has 1 aliphatic heterocycles. The Hall–Kier alpha value is -1.48. The average molecular weight is 191 g/mol. The van der Waals surface area contributed by atoms with E-state index in [0.717, 1.165) is 23.3 Å². The second kappa shape index (κ2) is 3.03. The fraction of sp³-hybridized carbons (Fsp3) is 0.273. The highest BCUT2D eigenvalue weighted by molar-refractivity contribution is 5.85. The fourth-order valence-electron chi connectivity index (χ4n) is 1.53. The zero-order valence-corrected chi connectivity index (χ0v) is 7.69. The molecular formula is C11H11NO2. The summed E-state index contributed by atoms with van der Waals surface area (Å²) in [6, 6.07) is 8.04. The average Bonchev–Trinajstić information content (AvgIpc) is 2.91. The fourth-order valence-corrected chi connectivity index (χ4v) is 1.53. The summed E-state index contributed by atoms with van der Waals surface area (Å²) in [5, 5.41) is 1.13. The van der Waals surface area contributed by atoms with Gasteiger partial charge in [0.1, 0.15) is 18.5 Å². The SMILES string of the molecule is c1cc(OC[C@@H]2CO2)c2c[14cH][nH]c2c1. The van der Waals surface area contributed by atoms with Crippen LogP contribution in [0.25, 0.3) is 10.9 Å². The molecule has 1 aliphatic rings. The van der Waals surface area contributed by atoms with Crippen LogP contribution in [-0.4, -0.2) is 24.3 Å². The summed E-state index contributed by atoms with van der Waals surface area (Å²) in [5.74, 6) is 0.930. The molecule has 3 nitrogen and oxygen atoms in total. The highest BCUT2D eigenvalue weighted by Crippen LogP contribution is 2.25. The predicted octanol–water partition coefficient (Wildman–Crippen LogP) is 1.95. The van der Waals surface area contributed by atoms with E-state index in [1.54, 1.807) is 0 Å². The summed E-state index contributed by atoms with van der Waals surface area (Å²) in [4.78, 5) is 3.15. The van der Waals surface area contributed by atoms with Crippen molar-refractivity contribution in [1.82, 2.24) is 4.98 Å². The Bertz CT molecular complexity index is 445.